The lowest BCUT2D eigenvalue weighted by Crippen LogP contribution is -1.82. The smallest absolute Gasteiger partial charge is 0.0187 e. The van der Waals surface area contributed by atoms with Crippen LogP contribution in [0.5, 0.6) is 0 Å². The molecule has 0 spiro atoms. The monoisotopic (exact) mass is 151 g/mol. The molecule has 0 fully saturated rings. The van der Waals surface area contributed by atoms with Crippen molar-refractivity contribution in [1.82, 2.24) is 0 Å². The second-order valence-corrected chi connectivity index (χ2v) is 2.97. The quantitative estimate of drug-likeness (QED) is 0.626. The van der Waals surface area contributed by atoms with Gasteiger partial charge in [0.2, 0.25) is 0 Å². The van der Waals surface area contributed by atoms with E-state index in [2.05, 4.69) is 37.4 Å². The fourth-order valence-electron chi connectivity index (χ4n) is 0.882. The molecule has 0 atom stereocenters. The zero-order valence-corrected chi connectivity index (χ0v) is 6.95. The second kappa shape index (κ2) is 3.67. The van der Waals surface area contributed by atoms with Crippen LogP contribution in [0.4, 0.5) is 0 Å². The Labute approximate surface area is 66.6 Å². The highest BCUT2D eigenvalue weighted by atomic mass is 32.2. The molecule has 1 aromatic rings. The van der Waals surface area contributed by atoms with E-state index >= 15 is 0 Å². The third-order valence-corrected chi connectivity index (χ3v) is 2.03. The van der Waals surface area contributed by atoms with Crippen LogP contribution in [0.15, 0.2) is 24.3 Å². The van der Waals surface area contributed by atoms with Crippen LogP contribution in [0.1, 0.15) is 11.1 Å². The Morgan fingerprint density at radius 2 is 2.10 bits per heavy atom. The van der Waals surface area contributed by atoms with Crippen LogP contribution in [0.2, 0.25) is 0 Å². The van der Waals surface area contributed by atoms with E-state index in [1.807, 2.05) is 0 Å². The molecule has 0 saturated carbocycles. The number of hydrogen-bond donors (Lipinski definition) is 0. The molecule has 0 bridgehead atoms. The average molecular weight is 151 g/mol. The number of benzene rings is 1. The van der Waals surface area contributed by atoms with Gasteiger partial charge in [-0.15, -0.1) is 0 Å². The Bertz CT molecular complexity index is 206. The van der Waals surface area contributed by atoms with Gasteiger partial charge < -0.3 is 0 Å². The van der Waals surface area contributed by atoms with E-state index in [9.17, 15) is 0 Å². The van der Waals surface area contributed by atoms with Gasteiger partial charge in [-0.3, -0.25) is 0 Å². The van der Waals surface area contributed by atoms with Crippen LogP contribution >= 0.6 is 11.8 Å². The fourth-order valence-corrected chi connectivity index (χ4v) is 1.43. The van der Waals surface area contributed by atoms with Gasteiger partial charge in [-0.25, -0.2) is 0 Å². The maximum atomic E-state index is 3.74. The lowest BCUT2D eigenvalue weighted by molar-refractivity contribution is 1.31. The zero-order valence-electron chi connectivity index (χ0n) is 6.13. The zero-order chi connectivity index (χ0) is 7.40. The van der Waals surface area contributed by atoms with Gasteiger partial charge in [-0.1, -0.05) is 24.3 Å². The van der Waals surface area contributed by atoms with Gasteiger partial charge in [0.1, 0.15) is 0 Å². The molecule has 0 aliphatic heterocycles. The topological polar surface area (TPSA) is 0 Å². The third-order valence-electron chi connectivity index (χ3n) is 1.52. The van der Waals surface area contributed by atoms with Crippen LogP contribution in [0.25, 0.3) is 0 Å². The van der Waals surface area contributed by atoms with Gasteiger partial charge in [-0.2, -0.15) is 11.8 Å². The van der Waals surface area contributed by atoms with Crippen molar-refractivity contribution in [2.75, 3.05) is 0 Å². The number of thioether (sulfide) groups is 1. The molecular formula is C9H11S. The largest absolute Gasteiger partial charge is 0.156 e. The van der Waals surface area contributed by atoms with Crippen molar-refractivity contribution >= 4 is 11.8 Å². The summed E-state index contributed by atoms with van der Waals surface area (Å²) >= 11 is 1.62. The van der Waals surface area contributed by atoms with Gasteiger partial charge in [0.25, 0.3) is 0 Å². The molecule has 1 radical (unpaired) electrons. The van der Waals surface area contributed by atoms with Crippen molar-refractivity contribution < 1.29 is 0 Å². The van der Waals surface area contributed by atoms with Crippen molar-refractivity contribution in [1.29, 1.82) is 0 Å². The van der Waals surface area contributed by atoms with E-state index in [-0.39, 0.29) is 0 Å². The standard InChI is InChI=1S/C9H11S/c1-8-5-3-4-6-9(8)7-10-2/h3-6H,2,7H2,1H3. The summed E-state index contributed by atoms with van der Waals surface area (Å²) in [4.78, 5) is 0. The number of aryl methyl sites for hydroxylation is 1. The molecule has 0 N–H and O–H groups in total. The minimum Gasteiger partial charge on any atom is -0.156 e. The minimum atomic E-state index is 1.02. The van der Waals surface area contributed by atoms with E-state index in [1.165, 1.54) is 11.1 Å². The van der Waals surface area contributed by atoms with Gasteiger partial charge in [-0.05, 0) is 18.1 Å². The Balaban J connectivity index is 2.81. The summed E-state index contributed by atoms with van der Waals surface area (Å²) < 4.78 is 0. The molecule has 0 aromatic heterocycles. The number of rotatable bonds is 2. The van der Waals surface area contributed by atoms with Crippen molar-refractivity contribution in [3.05, 3.63) is 41.6 Å². The Hall–Kier alpha value is -0.430. The fraction of sp³-hybridized carbons (Fsp3) is 0.222. The van der Waals surface area contributed by atoms with Crippen molar-refractivity contribution in [3.8, 4) is 0 Å². The first-order valence-electron chi connectivity index (χ1n) is 3.26. The van der Waals surface area contributed by atoms with Crippen LogP contribution in [-0.2, 0) is 5.75 Å². The Morgan fingerprint density at radius 1 is 1.40 bits per heavy atom. The summed E-state index contributed by atoms with van der Waals surface area (Å²) in [6.07, 6.45) is 3.74. The highest BCUT2D eigenvalue weighted by Gasteiger charge is 1.92. The van der Waals surface area contributed by atoms with Gasteiger partial charge in [0.05, 0.1) is 0 Å². The molecule has 0 aliphatic carbocycles. The summed E-state index contributed by atoms with van der Waals surface area (Å²) in [5, 5.41) is 0. The second-order valence-electron chi connectivity index (χ2n) is 2.27. The first kappa shape index (κ1) is 7.67. The molecule has 0 aliphatic rings. The van der Waals surface area contributed by atoms with Crippen LogP contribution in [-0.4, -0.2) is 0 Å². The maximum Gasteiger partial charge on any atom is 0.0187 e. The molecule has 0 nitrogen and oxygen atoms in total. The SMILES string of the molecule is [CH2]SCc1ccccc1C. The predicted molar refractivity (Wildman–Crippen MR) is 47.8 cm³/mol. The average Bonchev–Trinajstić information content (AvgIpc) is 1.94. The summed E-state index contributed by atoms with van der Waals surface area (Å²) in [7, 11) is 0. The molecule has 1 heteroatoms. The van der Waals surface area contributed by atoms with Gasteiger partial charge in [0, 0.05) is 12.0 Å². The Kier molecular flexibility index (Phi) is 2.82. The third kappa shape index (κ3) is 1.77. The van der Waals surface area contributed by atoms with Crippen LogP contribution in [0, 0.1) is 13.2 Å². The highest BCUT2D eigenvalue weighted by molar-refractivity contribution is 7.99. The normalized spacial score (nSPS) is 9.80. The van der Waals surface area contributed by atoms with E-state index < -0.39 is 0 Å². The minimum absolute atomic E-state index is 1.02. The highest BCUT2D eigenvalue weighted by Crippen LogP contribution is 2.13. The Morgan fingerprint density at radius 3 is 2.70 bits per heavy atom. The lowest BCUT2D eigenvalue weighted by Gasteiger charge is -2.00. The van der Waals surface area contributed by atoms with Crippen LogP contribution < -0.4 is 0 Å². The number of hydrogen-bond acceptors (Lipinski definition) is 1. The van der Waals surface area contributed by atoms with Gasteiger partial charge >= 0.3 is 0 Å². The molecule has 1 rings (SSSR count). The van der Waals surface area contributed by atoms with Crippen molar-refractivity contribution in [2.24, 2.45) is 0 Å². The molecule has 10 heavy (non-hydrogen) atoms. The van der Waals surface area contributed by atoms with Gasteiger partial charge in [0.15, 0.2) is 0 Å². The molecule has 0 amide bonds. The summed E-state index contributed by atoms with van der Waals surface area (Å²) in [6, 6.07) is 8.41. The van der Waals surface area contributed by atoms with E-state index in [0.717, 1.165) is 5.75 Å². The lowest BCUT2D eigenvalue weighted by atomic mass is 10.1. The predicted octanol–water partition coefficient (Wildman–Crippen LogP) is 3.02. The molecule has 0 unspecified atom stereocenters. The summed E-state index contributed by atoms with van der Waals surface area (Å²) in [5.41, 5.74) is 2.75. The van der Waals surface area contributed by atoms with Crippen molar-refractivity contribution in [3.63, 3.8) is 0 Å². The van der Waals surface area contributed by atoms with Crippen LogP contribution in [0.3, 0.4) is 0 Å². The van der Waals surface area contributed by atoms with E-state index in [0.29, 0.717) is 0 Å². The van der Waals surface area contributed by atoms with E-state index in [1.54, 1.807) is 11.8 Å². The van der Waals surface area contributed by atoms with Crippen molar-refractivity contribution in [2.45, 2.75) is 12.7 Å². The molecule has 53 valence electrons. The molecule has 1 aromatic carbocycles. The molecule has 0 heterocycles. The van der Waals surface area contributed by atoms with E-state index in [4.69, 9.17) is 0 Å². The first-order chi connectivity index (χ1) is 4.84. The summed E-state index contributed by atoms with van der Waals surface area (Å²) in [6.45, 7) is 2.13. The molecule has 0 saturated heterocycles. The molecular weight excluding hydrogens is 140 g/mol. The maximum absolute atomic E-state index is 3.74. The first-order valence-corrected chi connectivity index (χ1v) is 4.41. The summed E-state index contributed by atoms with van der Waals surface area (Å²) in [5.74, 6) is 1.02.